The fraction of sp³-hybridized carbons (Fsp3) is 1.00. The van der Waals surface area contributed by atoms with E-state index in [0.29, 0.717) is 13.2 Å². The van der Waals surface area contributed by atoms with Crippen molar-refractivity contribution in [1.29, 1.82) is 0 Å². The van der Waals surface area contributed by atoms with Gasteiger partial charge in [-0.3, -0.25) is 0 Å². The van der Waals surface area contributed by atoms with Gasteiger partial charge in [-0.25, -0.2) is 0 Å². The van der Waals surface area contributed by atoms with Crippen LogP contribution in [0, 0.1) is 0 Å². The van der Waals surface area contributed by atoms with E-state index in [0.717, 1.165) is 13.2 Å². The SMILES string of the molecule is CCOC(C)C1COCCO1. The molecule has 0 aromatic heterocycles. The summed E-state index contributed by atoms with van der Waals surface area (Å²) in [6.45, 7) is 6.82. The highest BCUT2D eigenvalue weighted by Gasteiger charge is 2.21. The van der Waals surface area contributed by atoms with Crippen LogP contribution in [0.4, 0.5) is 0 Å². The van der Waals surface area contributed by atoms with Crippen LogP contribution in [-0.2, 0) is 14.2 Å². The van der Waals surface area contributed by atoms with Crippen LogP contribution in [0.1, 0.15) is 13.8 Å². The average Bonchev–Trinajstić information content (AvgIpc) is 2.07. The second-order valence-electron chi connectivity index (χ2n) is 2.64. The van der Waals surface area contributed by atoms with Crippen LogP contribution < -0.4 is 0 Å². The Morgan fingerprint density at radius 1 is 1.55 bits per heavy atom. The second-order valence-corrected chi connectivity index (χ2v) is 2.64. The molecule has 11 heavy (non-hydrogen) atoms. The van der Waals surface area contributed by atoms with Gasteiger partial charge in [-0.2, -0.15) is 0 Å². The minimum absolute atomic E-state index is 0.128. The molecule has 0 bridgehead atoms. The predicted octanol–water partition coefficient (Wildman–Crippen LogP) is 0.827. The molecule has 0 aromatic rings. The van der Waals surface area contributed by atoms with E-state index in [1.165, 1.54) is 0 Å². The first-order valence-electron chi connectivity index (χ1n) is 4.15. The number of hydrogen-bond donors (Lipinski definition) is 0. The first kappa shape index (κ1) is 8.97. The molecule has 0 aliphatic carbocycles. The molecule has 2 unspecified atom stereocenters. The molecule has 0 amide bonds. The van der Waals surface area contributed by atoms with Crippen molar-refractivity contribution in [1.82, 2.24) is 0 Å². The molecule has 3 heteroatoms. The lowest BCUT2D eigenvalue weighted by molar-refractivity contribution is -0.141. The van der Waals surface area contributed by atoms with Gasteiger partial charge in [0.25, 0.3) is 0 Å². The summed E-state index contributed by atoms with van der Waals surface area (Å²) in [6.07, 6.45) is 0.281. The van der Waals surface area contributed by atoms with Crippen molar-refractivity contribution < 1.29 is 14.2 Å². The highest BCUT2D eigenvalue weighted by atomic mass is 16.6. The maximum atomic E-state index is 5.44. The molecule has 2 atom stereocenters. The van der Waals surface area contributed by atoms with Crippen LogP contribution in [0.3, 0.4) is 0 Å². The van der Waals surface area contributed by atoms with Crippen molar-refractivity contribution in [2.45, 2.75) is 26.1 Å². The van der Waals surface area contributed by atoms with Gasteiger partial charge in [0.2, 0.25) is 0 Å². The molecular weight excluding hydrogens is 144 g/mol. The Labute approximate surface area is 67.6 Å². The molecule has 1 rings (SSSR count). The average molecular weight is 160 g/mol. The minimum Gasteiger partial charge on any atom is -0.376 e. The zero-order valence-electron chi connectivity index (χ0n) is 7.21. The molecule has 0 aromatic carbocycles. The summed E-state index contributed by atoms with van der Waals surface area (Å²) in [4.78, 5) is 0. The largest absolute Gasteiger partial charge is 0.376 e. The monoisotopic (exact) mass is 160 g/mol. The van der Waals surface area contributed by atoms with Crippen molar-refractivity contribution in [2.24, 2.45) is 0 Å². The molecule has 1 aliphatic rings. The van der Waals surface area contributed by atoms with E-state index in [1.807, 2.05) is 13.8 Å². The molecule has 1 aliphatic heterocycles. The van der Waals surface area contributed by atoms with Crippen molar-refractivity contribution in [2.75, 3.05) is 26.4 Å². The Balaban J connectivity index is 2.21. The molecule has 0 radical (unpaired) electrons. The lowest BCUT2D eigenvalue weighted by Crippen LogP contribution is -2.38. The Bertz CT molecular complexity index is 99.5. The summed E-state index contributed by atoms with van der Waals surface area (Å²) in [5.41, 5.74) is 0. The minimum atomic E-state index is 0.128. The van der Waals surface area contributed by atoms with Crippen molar-refractivity contribution >= 4 is 0 Å². The summed E-state index contributed by atoms with van der Waals surface area (Å²) in [7, 11) is 0. The smallest absolute Gasteiger partial charge is 0.107 e. The van der Waals surface area contributed by atoms with E-state index >= 15 is 0 Å². The third-order valence-corrected chi connectivity index (χ3v) is 1.79. The standard InChI is InChI=1S/C8H16O3/c1-3-10-7(2)8-6-9-4-5-11-8/h7-8H,3-6H2,1-2H3. The van der Waals surface area contributed by atoms with Crippen LogP contribution >= 0.6 is 0 Å². The van der Waals surface area contributed by atoms with E-state index in [1.54, 1.807) is 0 Å². The number of ether oxygens (including phenoxy) is 3. The fourth-order valence-electron chi connectivity index (χ4n) is 1.15. The van der Waals surface area contributed by atoms with E-state index in [4.69, 9.17) is 14.2 Å². The molecule has 1 heterocycles. The molecular formula is C8H16O3. The maximum absolute atomic E-state index is 5.44. The van der Waals surface area contributed by atoms with Crippen LogP contribution in [0.25, 0.3) is 0 Å². The summed E-state index contributed by atoms with van der Waals surface area (Å²) in [5, 5.41) is 0. The zero-order chi connectivity index (χ0) is 8.10. The Kier molecular flexibility index (Phi) is 3.83. The molecule has 0 saturated carbocycles. The summed E-state index contributed by atoms with van der Waals surface area (Å²) in [5.74, 6) is 0. The van der Waals surface area contributed by atoms with Crippen LogP contribution in [0.15, 0.2) is 0 Å². The Morgan fingerprint density at radius 2 is 2.36 bits per heavy atom. The van der Waals surface area contributed by atoms with Gasteiger partial charge in [-0.1, -0.05) is 0 Å². The van der Waals surface area contributed by atoms with Gasteiger partial charge in [0.05, 0.1) is 25.9 Å². The van der Waals surface area contributed by atoms with E-state index in [2.05, 4.69) is 0 Å². The van der Waals surface area contributed by atoms with Crippen LogP contribution in [0.2, 0.25) is 0 Å². The van der Waals surface area contributed by atoms with Gasteiger partial charge >= 0.3 is 0 Å². The van der Waals surface area contributed by atoms with Gasteiger partial charge in [0.15, 0.2) is 0 Å². The first-order valence-corrected chi connectivity index (χ1v) is 4.15. The van der Waals surface area contributed by atoms with E-state index in [-0.39, 0.29) is 12.2 Å². The third kappa shape index (κ3) is 2.77. The molecule has 66 valence electrons. The molecule has 0 N–H and O–H groups in total. The summed E-state index contributed by atoms with van der Waals surface area (Å²) >= 11 is 0. The summed E-state index contributed by atoms with van der Waals surface area (Å²) < 4.78 is 16.1. The normalized spacial score (nSPS) is 28.4. The molecule has 1 saturated heterocycles. The highest BCUT2D eigenvalue weighted by Crippen LogP contribution is 2.08. The van der Waals surface area contributed by atoms with Gasteiger partial charge in [-0.15, -0.1) is 0 Å². The summed E-state index contributed by atoms with van der Waals surface area (Å²) in [6, 6.07) is 0. The van der Waals surface area contributed by atoms with Crippen molar-refractivity contribution in [3.05, 3.63) is 0 Å². The highest BCUT2D eigenvalue weighted by molar-refractivity contribution is 4.67. The van der Waals surface area contributed by atoms with Crippen molar-refractivity contribution in [3.63, 3.8) is 0 Å². The van der Waals surface area contributed by atoms with Gasteiger partial charge < -0.3 is 14.2 Å². The number of hydrogen-bond acceptors (Lipinski definition) is 3. The van der Waals surface area contributed by atoms with Crippen LogP contribution in [-0.4, -0.2) is 38.6 Å². The molecule has 3 nitrogen and oxygen atoms in total. The lowest BCUT2D eigenvalue weighted by Gasteiger charge is -2.27. The fourth-order valence-corrected chi connectivity index (χ4v) is 1.15. The van der Waals surface area contributed by atoms with Gasteiger partial charge in [0.1, 0.15) is 6.10 Å². The third-order valence-electron chi connectivity index (χ3n) is 1.79. The Morgan fingerprint density at radius 3 is 2.91 bits per heavy atom. The lowest BCUT2D eigenvalue weighted by atomic mass is 10.2. The van der Waals surface area contributed by atoms with Gasteiger partial charge in [-0.05, 0) is 13.8 Å². The van der Waals surface area contributed by atoms with Crippen molar-refractivity contribution in [3.8, 4) is 0 Å². The topological polar surface area (TPSA) is 27.7 Å². The molecule has 0 spiro atoms. The first-order chi connectivity index (χ1) is 5.34. The second kappa shape index (κ2) is 4.70. The predicted molar refractivity (Wildman–Crippen MR) is 41.6 cm³/mol. The van der Waals surface area contributed by atoms with Crippen LogP contribution in [0.5, 0.6) is 0 Å². The Hall–Kier alpha value is -0.120. The van der Waals surface area contributed by atoms with E-state index in [9.17, 15) is 0 Å². The van der Waals surface area contributed by atoms with E-state index < -0.39 is 0 Å². The zero-order valence-corrected chi connectivity index (χ0v) is 7.21. The molecule has 1 fully saturated rings. The van der Waals surface area contributed by atoms with Gasteiger partial charge in [0, 0.05) is 6.61 Å². The maximum Gasteiger partial charge on any atom is 0.107 e. The quantitative estimate of drug-likeness (QED) is 0.612. The number of rotatable bonds is 3.